The van der Waals surface area contributed by atoms with Crippen molar-refractivity contribution in [1.29, 1.82) is 0 Å². The number of aromatic nitrogens is 2. The zero-order valence-electron chi connectivity index (χ0n) is 15.1. The molecule has 3 aromatic heterocycles. The Morgan fingerprint density at radius 3 is 2.86 bits per heavy atom. The van der Waals surface area contributed by atoms with E-state index in [1.165, 1.54) is 23.3 Å². The normalized spacial score (nSPS) is 10.9. The van der Waals surface area contributed by atoms with Crippen molar-refractivity contribution in [2.24, 2.45) is 0 Å². The number of aromatic amines is 1. The summed E-state index contributed by atoms with van der Waals surface area (Å²) in [6, 6.07) is 10.7. The number of aryl methyl sites for hydroxylation is 1. The number of hydrogen-bond donors (Lipinski definition) is 1. The molecule has 142 valence electrons. The highest BCUT2D eigenvalue weighted by atomic mass is 32.1. The van der Waals surface area contributed by atoms with Crippen molar-refractivity contribution >= 4 is 38.9 Å². The van der Waals surface area contributed by atoms with Gasteiger partial charge in [-0.1, -0.05) is 6.07 Å². The monoisotopic (exact) mass is 412 g/mol. The van der Waals surface area contributed by atoms with Crippen LogP contribution < -0.4 is 10.3 Å². The maximum Gasteiger partial charge on any atom is 0.338 e. The number of thiophene rings is 2. The van der Waals surface area contributed by atoms with Gasteiger partial charge in [0.1, 0.15) is 23.0 Å². The number of methoxy groups -OCH3 is 1. The van der Waals surface area contributed by atoms with Gasteiger partial charge >= 0.3 is 5.97 Å². The molecular weight excluding hydrogens is 396 g/mol. The number of nitrogens with zero attached hydrogens (tertiary/aromatic N) is 1. The molecule has 8 heteroatoms. The first kappa shape index (κ1) is 18.4. The summed E-state index contributed by atoms with van der Waals surface area (Å²) in [6.45, 7) is 1.91. The van der Waals surface area contributed by atoms with Gasteiger partial charge in [0.05, 0.1) is 18.1 Å². The third-order valence-corrected chi connectivity index (χ3v) is 6.05. The smallest absolute Gasteiger partial charge is 0.338 e. The van der Waals surface area contributed by atoms with Crippen LogP contribution in [-0.2, 0) is 11.3 Å². The fourth-order valence-electron chi connectivity index (χ4n) is 2.79. The van der Waals surface area contributed by atoms with Crippen molar-refractivity contribution in [3.05, 3.63) is 68.4 Å². The molecule has 0 aliphatic heterocycles. The van der Waals surface area contributed by atoms with Crippen LogP contribution in [0.2, 0.25) is 0 Å². The summed E-state index contributed by atoms with van der Waals surface area (Å²) in [5.74, 6) is 0.365. The molecule has 4 aromatic rings. The molecular formula is C20H16N2O4S2. The van der Waals surface area contributed by atoms with E-state index in [1.807, 2.05) is 24.4 Å². The van der Waals surface area contributed by atoms with Gasteiger partial charge in [0, 0.05) is 20.7 Å². The number of hydrogen-bond acceptors (Lipinski definition) is 7. The molecule has 0 fully saturated rings. The van der Waals surface area contributed by atoms with E-state index in [0.717, 1.165) is 10.4 Å². The van der Waals surface area contributed by atoms with Gasteiger partial charge in [0.15, 0.2) is 0 Å². The highest BCUT2D eigenvalue weighted by molar-refractivity contribution is 7.19. The van der Waals surface area contributed by atoms with Crippen molar-refractivity contribution in [2.75, 3.05) is 7.11 Å². The maximum absolute atomic E-state index is 12.6. The molecule has 0 spiro atoms. The lowest BCUT2D eigenvalue weighted by Crippen LogP contribution is -2.14. The Hall–Kier alpha value is -2.97. The van der Waals surface area contributed by atoms with E-state index in [9.17, 15) is 9.59 Å². The van der Waals surface area contributed by atoms with E-state index in [4.69, 9.17) is 9.47 Å². The molecule has 0 unspecified atom stereocenters. The third kappa shape index (κ3) is 3.56. The highest BCUT2D eigenvalue weighted by Crippen LogP contribution is 2.34. The van der Waals surface area contributed by atoms with E-state index in [0.29, 0.717) is 27.4 Å². The Balaban J connectivity index is 1.57. The predicted octanol–water partition coefficient (Wildman–Crippen LogP) is 4.39. The van der Waals surface area contributed by atoms with Crippen molar-refractivity contribution in [2.45, 2.75) is 13.5 Å². The first-order valence-corrected chi connectivity index (χ1v) is 10.1. The fourth-order valence-corrected chi connectivity index (χ4v) is 4.71. The SMILES string of the molecule is COc1cccc(C(=O)OCc2nc3scc(-c4ccc(C)s4)c3c(=O)[nH]2)c1. The van der Waals surface area contributed by atoms with Crippen LogP contribution in [0.25, 0.3) is 20.7 Å². The zero-order chi connectivity index (χ0) is 19.7. The van der Waals surface area contributed by atoms with Crippen LogP contribution in [0.3, 0.4) is 0 Å². The van der Waals surface area contributed by atoms with Crippen LogP contribution in [0.1, 0.15) is 21.1 Å². The van der Waals surface area contributed by atoms with E-state index in [2.05, 4.69) is 9.97 Å². The first-order valence-electron chi connectivity index (χ1n) is 8.43. The maximum atomic E-state index is 12.6. The Morgan fingerprint density at radius 2 is 2.11 bits per heavy atom. The lowest BCUT2D eigenvalue weighted by molar-refractivity contribution is 0.0462. The Morgan fingerprint density at radius 1 is 1.25 bits per heavy atom. The average Bonchev–Trinajstić information content (AvgIpc) is 3.32. The predicted molar refractivity (Wildman–Crippen MR) is 110 cm³/mol. The van der Waals surface area contributed by atoms with Crippen LogP contribution in [-0.4, -0.2) is 23.0 Å². The van der Waals surface area contributed by atoms with Gasteiger partial charge in [0.2, 0.25) is 0 Å². The molecule has 0 bridgehead atoms. The van der Waals surface area contributed by atoms with Gasteiger partial charge < -0.3 is 14.5 Å². The Bertz CT molecular complexity index is 1220. The molecule has 6 nitrogen and oxygen atoms in total. The molecule has 1 N–H and O–H groups in total. The Labute approximate surface area is 168 Å². The molecule has 0 radical (unpaired) electrons. The topological polar surface area (TPSA) is 81.3 Å². The van der Waals surface area contributed by atoms with Gasteiger partial charge in [-0.25, -0.2) is 9.78 Å². The van der Waals surface area contributed by atoms with Gasteiger partial charge in [-0.2, -0.15) is 0 Å². The number of rotatable bonds is 5. The number of H-pyrrole nitrogens is 1. The third-order valence-electron chi connectivity index (χ3n) is 4.14. The summed E-state index contributed by atoms with van der Waals surface area (Å²) in [7, 11) is 1.53. The molecule has 0 atom stereocenters. The summed E-state index contributed by atoms with van der Waals surface area (Å²) in [4.78, 5) is 34.9. The lowest BCUT2D eigenvalue weighted by atomic mass is 10.2. The minimum Gasteiger partial charge on any atom is -0.497 e. The summed E-state index contributed by atoms with van der Waals surface area (Å²) in [5.41, 5.74) is 1.01. The second-order valence-corrected chi connectivity index (χ2v) is 8.21. The molecule has 0 amide bonds. The van der Waals surface area contributed by atoms with Crippen LogP contribution in [0.4, 0.5) is 0 Å². The van der Waals surface area contributed by atoms with Gasteiger partial charge in [-0.3, -0.25) is 4.79 Å². The van der Waals surface area contributed by atoms with Gasteiger partial charge in [0.25, 0.3) is 5.56 Å². The fraction of sp³-hybridized carbons (Fsp3) is 0.150. The average molecular weight is 412 g/mol. The van der Waals surface area contributed by atoms with Crippen LogP contribution in [0.5, 0.6) is 5.75 Å². The van der Waals surface area contributed by atoms with Crippen molar-refractivity contribution < 1.29 is 14.3 Å². The molecule has 3 heterocycles. The standard InChI is InChI=1S/C20H16N2O4S2/c1-11-6-7-15(28-11)14-10-27-19-17(14)18(23)21-16(22-19)9-26-20(24)12-4-3-5-13(8-12)25-2/h3-8,10H,9H2,1-2H3,(H,21,22,23). The minimum absolute atomic E-state index is 0.118. The first-order chi connectivity index (χ1) is 13.5. The van der Waals surface area contributed by atoms with Gasteiger partial charge in [-0.15, -0.1) is 22.7 Å². The molecule has 4 rings (SSSR count). The lowest BCUT2D eigenvalue weighted by Gasteiger charge is -2.06. The number of fused-ring (bicyclic) bond motifs is 1. The van der Waals surface area contributed by atoms with Gasteiger partial charge in [-0.05, 0) is 37.3 Å². The van der Waals surface area contributed by atoms with Crippen molar-refractivity contribution in [3.63, 3.8) is 0 Å². The van der Waals surface area contributed by atoms with E-state index in [-0.39, 0.29) is 12.2 Å². The molecule has 1 aromatic carbocycles. The highest BCUT2D eigenvalue weighted by Gasteiger charge is 2.15. The van der Waals surface area contributed by atoms with Crippen LogP contribution in [0, 0.1) is 6.92 Å². The summed E-state index contributed by atoms with van der Waals surface area (Å²) in [5, 5.41) is 2.50. The van der Waals surface area contributed by atoms with E-state index >= 15 is 0 Å². The summed E-state index contributed by atoms with van der Waals surface area (Å²) < 4.78 is 10.4. The quantitative estimate of drug-likeness (QED) is 0.492. The number of carbonyl (C=O) groups excluding carboxylic acids is 1. The number of esters is 1. The largest absolute Gasteiger partial charge is 0.497 e. The number of benzene rings is 1. The summed E-state index contributed by atoms with van der Waals surface area (Å²) >= 11 is 3.03. The second-order valence-electron chi connectivity index (χ2n) is 6.06. The minimum atomic E-state index is -0.512. The molecule has 28 heavy (non-hydrogen) atoms. The molecule has 0 saturated carbocycles. The summed E-state index contributed by atoms with van der Waals surface area (Å²) in [6.07, 6.45) is 0. The van der Waals surface area contributed by atoms with Crippen LogP contribution >= 0.6 is 22.7 Å². The zero-order valence-corrected chi connectivity index (χ0v) is 16.8. The number of ether oxygens (including phenoxy) is 2. The van der Waals surface area contributed by atoms with Crippen molar-refractivity contribution in [1.82, 2.24) is 9.97 Å². The molecule has 0 aliphatic carbocycles. The van der Waals surface area contributed by atoms with E-state index < -0.39 is 5.97 Å². The second kappa shape index (κ2) is 7.57. The van der Waals surface area contributed by atoms with Crippen molar-refractivity contribution in [3.8, 4) is 16.2 Å². The van der Waals surface area contributed by atoms with E-state index in [1.54, 1.807) is 35.6 Å². The Kier molecular flexibility index (Phi) is 4.97. The number of nitrogens with one attached hydrogen (secondary N) is 1. The number of carbonyl (C=O) groups is 1. The van der Waals surface area contributed by atoms with Crippen LogP contribution in [0.15, 0.2) is 46.6 Å². The molecule has 0 saturated heterocycles. The molecule has 0 aliphatic rings.